The molecule has 5 rings (SSSR count). The van der Waals surface area contributed by atoms with Crippen LogP contribution in [0.2, 0.25) is 0 Å². The van der Waals surface area contributed by atoms with Gasteiger partial charge in [0, 0.05) is 30.9 Å². The minimum absolute atomic E-state index is 0. The van der Waals surface area contributed by atoms with Gasteiger partial charge in [-0.3, -0.25) is 4.79 Å². The molecule has 1 fully saturated rings. The topological polar surface area (TPSA) is 77.2 Å². The van der Waals surface area contributed by atoms with E-state index in [0.717, 1.165) is 60.4 Å². The maximum atomic E-state index is 13.4. The fourth-order valence-corrected chi connectivity index (χ4v) is 4.77. The lowest BCUT2D eigenvalue weighted by atomic mass is 9.95. The van der Waals surface area contributed by atoms with Crippen molar-refractivity contribution in [2.75, 3.05) is 19.6 Å². The molecule has 0 radical (unpaired) electrons. The first-order valence-corrected chi connectivity index (χ1v) is 11.8. The third-order valence-electron chi connectivity index (χ3n) is 6.76. The smallest absolute Gasteiger partial charge is 0.262 e. The van der Waals surface area contributed by atoms with Crippen LogP contribution < -0.4 is 5.56 Å². The van der Waals surface area contributed by atoms with Gasteiger partial charge in [-0.1, -0.05) is 48.0 Å². The molecule has 0 aliphatic carbocycles. The van der Waals surface area contributed by atoms with E-state index in [1.807, 2.05) is 37.3 Å². The molecule has 1 N–H and O–H groups in total. The first-order chi connectivity index (χ1) is 17.0. The lowest BCUT2D eigenvalue weighted by Gasteiger charge is -2.28. The number of hydrogen-bond acceptors (Lipinski definition) is 4. The lowest BCUT2D eigenvalue weighted by molar-refractivity contribution is 0.260. The summed E-state index contributed by atoms with van der Waals surface area (Å²) in [6.45, 7) is 4.55. The maximum absolute atomic E-state index is 13.4. The van der Waals surface area contributed by atoms with Crippen LogP contribution in [-0.4, -0.2) is 38.9 Å². The molecule has 2 aromatic heterocycles. The fourth-order valence-electron chi connectivity index (χ4n) is 4.77. The molecule has 3 heterocycles. The second kappa shape index (κ2) is 10.9. The Morgan fingerprint density at radius 2 is 1.86 bits per heavy atom. The van der Waals surface area contributed by atoms with Crippen LogP contribution in [0.15, 0.2) is 65.2 Å². The third kappa shape index (κ3) is 5.11. The molecule has 0 unspecified atom stereocenters. The summed E-state index contributed by atoms with van der Waals surface area (Å²) in [5, 5.41) is 9.17. The number of piperidine rings is 1. The molecule has 2 aromatic carbocycles. The lowest BCUT2D eigenvalue weighted by Crippen LogP contribution is -2.34. The Labute approximate surface area is 215 Å². The largest absolute Gasteiger partial charge is 0.342 e. The molecule has 0 saturated carbocycles. The number of hydrogen-bond donors (Lipinski definition) is 1. The summed E-state index contributed by atoms with van der Waals surface area (Å²) in [5.41, 5.74) is 6.74. The first kappa shape index (κ1) is 25.4. The summed E-state index contributed by atoms with van der Waals surface area (Å²) in [7, 11) is 0. The van der Waals surface area contributed by atoms with Crippen LogP contribution in [0.1, 0.15) is 35.4 Å². The van der Waals surface area contributed by atoms with Crippen LogP contribution in [-0.2, 0) is 6.42 Å². The Kier molecular flexibility index (Phi) is 7.68. The van der Waals surface area contributed by atoms with E-state index >= 15 is 0 Å². The molecule has 1 aliphatic rings. The number of likely N-dealkylation sites (tertiary alicyclic amines) is 1. The molecular formula is C28H27ClFN5O. The monoisotopic (exact) mass is 503 g/mol. The predicted octanol–water partition coefficient (Wildman–Crippen LogP) is 5.15. The van der Waals surface area contributed by atoms with Gasteiger partial charge >= 0.3 is 0 Å². The summed E-state index contributed by atoms with van der Waals surface area (Å²) in [4.78, 5) is 22.5. The zero-order valence-electron chi connectivity index (χ0n) is 20.0. The molecule has 0 spiro atoms. The number of nitrogens with one attached hydrogen (secondary N) is 1. The van der Waals surface area contributed by atoms with Gasteiger partial charge in [-0.15, -0.1) is 12.4 Å². The normalized spacial score (nSPS) is 13.9. The van der Waals surface area contributed by atoms with Crippen molar-refractivity contribution in [1.82, 2.24) is 19.3 Å². The Morgan fingerprint density at radius 3 is 2.58 bits per heavy atom. The molecule has 0 bridgehead atoms. The number of H-pyrrole nitrogens is 1. The SMILES string of the molecule is Cc1[nH]c2c(C#N)ncn2c(=O)c1CCN1CCC(=Cc2ccccc2-c2ccc(F)cc2)CC1.Cl. The summed E-state index contributed by atoms with van der Waals surface area (Å²) < 4.78 is 14.8. The van der Waals surface area contributed by atoms with Gasteiger partial charge in [0.05, 0.1) is 0 Å². The van der Waals surface area contributed by atoms with Crippen molar-refractivity contribution in [2.24, 2.45) is 0 Å². The van der Waals surface area contributed by atoms with E-state index in [4.69, 9.17) is 0 Å². The number of aryl methyl sites for hydroxylation is 1. The number of aromatic nitrogens is 3. The standard InChI is InChI=1S/C28H26FN5O.ClH/c1-19-24(28(35)34-18-31-26(17-30)27(34)32-19)12-15-33-13-10-20(11-14-33)16-22-4-2-3-5-25(22)21-6-8-23(29)9-7-21;/h2-9,16,18,32H,10-15H2,1H3;1H. The van der Waals surface area contributed by atoms with Crippen molar-refractivity contribution in [3.05, 3.63) is 99.1 Å². The number of fused-ring (bicyclic) bond motifs is 1. The number of benzene rings is 2. The number of nitrogens with zero attached hydrogens (tertiary/aromatic N) is 4. The van der Waals surface area contributed by atoms with E-state index in [1.54, 1.807) is 0 Å². The predicted molar refractivity (Wildman–Crippen MR) is 142 cm³/mol. The number of imidazole rings is 1. The second-order valence-electron chi connectivity index (χ2n) is 8.95. The van der Waals surface area contributed by atoms with E-state index in [0.29, 0.717) is 12.1 Å². The Bertz CT molecular complexity index is 1500. The van der Waals surface area contributed by atoms with Crippen molar-refractivity contribution in [3.8, 4) is 17.2 Å². The molecule has 184 valence electrons. The minimum Gasteiger partial charge on any atom is -0.342 e. The zero-order chi connectivity index (χ0) is 24.4. The highest BCUT2D eigenvalue weighted by molar-refractivity contribution is 5.85. The van der Waals surface area contributed by atoms with Gasteiger partial charge in [0.1, 0.15) is 18.2 Å². The van der Waals surface area contributed by atoms with Crippen LogP contribution >= 0.6 is 12.4 Å². The molecule has 1 aliphatic heterocycles. The van der Waals surface area contributed by atoms with Gasteiger partial charge in [0.25, 0.3) is 5.56 Å². The molecule has 36 heavy (non-hydrogen) atoms. The van der Waals surface area contributed by atoms with E-state index < -0.39 is 0 Å². The summed E-state index contributed by atoms with van der Waals surface area (Å²) in [6, 6.07) is 16.9. The van der Waals surface area contributed by atoms with Crippen LogP contribution in [0.4, 0.5) is 4.39 Å². The second-order valence-corrected chi connectivity index (χ2v) is 8.95. The van der Waals surface area contributed by atoms with Crippen molar-refractivity contribution in [2.45, 2.75) is 26.2 Å². The molecule has 0 amide bonds. The number of nitriles is 1. The summed E-state index contributed by atoms with van der Waals surface area (Å²) in [6.07, 6.45) is 6.27. The molecule has 1 saturated heterocycles. The minimum atomic E-state index is -0.231. The number of aromatic amines is 1. The highest BCUT2D eigenvalue weighted by atomic mass is 35.5. The molecule has 4 aromatic rings. The van der Waals surface area contributed by atoms with Crippen LogP contribution in [0.25, 0.3) is 22.9 Å². The van der Waals surface area contributed by atoms with Gasteiger partial charge in [0.15, 0.2) is 11.3 Å². The summed E-state index contributed by atoms with van der Waals surface area (Å²) >= 11 is 0. The Hall–Kier alpha value is -3.73. The van der Waals surface area contributed by atoms with Gasteiger partial charge in [-0.05, 0) is 55.0 Å². The number of halogens is 2. The molecular weight excluding hydrogens is 477 g/mol. The summed E-state index contributed by atoms with van der Waals surface area (Å²) in [5.74, 6) is -0.231. The highest BCUT2D eigenvalue weighted by Crippen LogP contribution is 2.28. The van der Waals surface area contributed by atoms with Crippen LogP contribution in [0.3, 0.4) is 0 Å². The van der Waals surface area contributed by atoms with Crippen LogP contribution in [0.5, 0.6) is 0 Å². The average Bonchev–Trinajstić information content (AvgIpc) is 3.29. The van der Waals surface area contributed by atoms with E-state index in [2.05, 4.69) is 33.1 Å². The average molecular weight is 504 g/mol. The van der Waals surface area contributed by atoms with E-state index in [-0.39, 0.29) is 29.5 Å². The van der Waals surface area contributed by atoms with E-state index in [1.165, 1.54) is 28.4 Å². The first-order valence-electron chi connectivity index (χ1n) is 11.8. The van der Waals surface area contributed by atoms with Gasteiger partial charge in [-0.25, -0.2) is 13.8 Å². The molecule has 6 nitrogen and oxygen atoms in total. The highest BCUT2D eigenvalue weighted by Gasteiger charge is 2.17. The third-order valence-corrected chi connectivity index (χ3v) is 6.76. The maximum Gasteiger partial charge on any atom is 0.262 e. The molecule has 0 atom stereocenters. The van der Waals surface area contributed by atoms with E-state index in [9.17, 15) is 14.4 Å². The Balaban J connectivity index is 0.00000304. The van der Waals surface area contributed by atoms with Crippen molar-refractivity contribution in [1.29, 1.82) is 5.26 Å². The quantitative estimate of drug-likeness (QED) is 0.408. The van der Waals surface area contributed by atoms with Crippen LogP contribution in [0, 0.1) is 24.1 Å². The van der Waals surface area contributed by atoms with Crippen molar-refractivity contribution >= 4 is 24.1 Å². The van der Waals surface area contributed by atoms with Gasteiger partial charge < -0.3 is 9.88 Å². The fraction of sp³-hybridized carbons (Fsp3) is 0.250. The van der Waals surface area contributed by atoms with Gasteiger partial charge in [-0.2, -0.15) is 5.26 Å². The van der Waals surface area contributed by atoms with Crippen molar-refractivity contribution in [3.63, 3.8) is 0 Å². The zero-order valence-corrected chi connectivity index (χ0v) is 20.8. The molecule has 8 heteroatoms. The Morgan fingerprint density at radius 1 is 1.14 bits per heavy atom. The number of rotatable bonds is 5. The van der Waals surface area contributed by atoms with Crippen molar-refractivity contribution < 1.29 is 4.39 Å². The van der Waals surface area contributed by atoms with Gasteiger partial charge in [0.2, 0.25) is 0 Å².